The first kappa shape index (κ1) is 14.0. The lowest BCUT2D eigenvalue weighted by atomic mass is 9.96. The Hall–Kier alpha value is -1.42. The second-order valence-corrected chi connectivity index (χ2v) is 4.83. The fraction of sp³-hybridized carbons (Fsp3) is 0.600. The fourth-order valence-electron chi connectivity index (χ4n) is 2.70. The third-order valence-corrected chi connectivity index (χ3v) is 3.69. The zero-order valence-corrected chi connectivity index (χ0v) is 12.0. The van der Waals surface area contributed by atoms with Crippen molar-refractivity contribution < 1.29 is 14.2 Å². The highest BCUT2D eigenvalue weighted by molar-refractivity contribution is 5.54. The quantitative estimate of drug-likeness (QED) is 0.887. The highest BCUT2D eigenvalue weighted by Gasteiger charge is 2.21. The Balaban J connectivity index is 2.28. The van der Waals surface area contributed by atoms with Crippen LogP contribution < -0.4 is 19.5 Å². The zero-order valence-electron chi connectivity index (χ0n) is 12.0. The molecule has 1 aliphatic heterocycles. The van der Waals surface area contributed by atoms with Crippen molar-refractivity contribution in [3.05, 3.63) is 17.7 Å². The van der Waals surface area contributed by atoms with Gasteiger partial charge in [-0.25, -0.2) is 0 Å². The van der Waals surface area contributed by atoms with E-state index in [1.807, 2.05) is 12.1 Å². The lowest BCUT2D eigenvalue weighted by molar-refractivity contribution is 0.335. The van der Waals surface area contributed by atoms with Crippen LogP contribution in [0.4, 0.5) is 0 Å². The van der Waals surface area contributed by atoms with E-state index in [-0.39, 0.29) is 0 Å². The normalized spacial score (nSPS) is 19.0. The van der Waals surface area contributed by atoms with Gasteiger partial charge in [-0.05, 0) is 37.9 Å². The lowest BCUT2D eigenvalue weighted by Crippen LogP contribution is -2.35. The molecule has 106 valence electrons. The van der Waals surface area contributed by atoms with Gasteiger partial charge < -0.3 is 19.5 Å². The predicted molar refractivity (Wildman–Crippen MR) is 75.4 cm³/mol. The van der Waals surface area contributed by atoms with Gasteiger partial charge in [-0.1, -0.05) is 6.42 Å². The number of benzene rings is 1. The van der Waals surface area contributed by atoms with Crippen molar-refractivity contribution in [1.29, 1.82) is 0 Å². The van der Waals surface area contributed by atoms with Crippen LogP contribution in [0.1, 0.15) is 24.8 Å². The van der Waals surface area contributed by atoms with E-state index in [0.29, 0.717) is 6.04 Å². The van der Waals surface area contributed by atoms with Crippen LogP contribution in [0, 0.1) is 0 Å². The molecule has 1 saturated heterocycles. The van der Waals surface area contributed by atoms with E-state index in [1.165, 1.54) is 19.3 Å². The SMILES string of the molecule is COc1ccc(OC)c(OC)c1CC1CCCCN1. The van der Waals surface area contributed by atoms with Crippen molar-refractivity contribution in [3.8, 4) is 17.2 Å². The molecule has 1 aliphatic rings. The molecule has 0 aliphatic carbocycles. The van der Waals surface area contributed by atoms with Gasteiger partial charge in [0, 0.05) is 11.6 Å². The average molecular weight is 265 g/mol. The van der Waals surface area contributed by atoms with Gasteiger partial charge >= 0.3 is 0 Å². The highest BCUT2D eigenvalue weighted by atomic mass is 16.5. The first-order chi connectivity index (χ1) is 9.30. The van der Waals surface area contributed by atoms with Gasteiger partial charge in [0.2, 0.25) is 0 Å². The molecule has 1 unspecified atom stereocenters. The number of hydrogen-bond donors (Lipinski definition) is 1. The van der Waals surface area contributed by atoms with E-state index >= 15 is 0 Å². The average Bonchev–Trinajstić information content (AvgIpc) is 2.47. The molecule has 0 saturated carbocycles. The molecule has 1 aromatic rings. The molecular formula is C15H23NO3. The molecule has 0 spiro atoms. The summed E-state index contributed by atoms with van der Waals surface area (Å²) in [4.78, 5) is 0. The summed E-state index contributed by atoms with van der Waals surface area (Å²) in [6.45, 7) is 1.10. The maximum Gasteiger partial charge on any atom is 0.167 e. The minimum atomic E-state index is 0.489. The van der Waals surface area contributed by atoms with Crippen molar-refractivity contribution >= 4 is 0 Å². The molecule has 1 fully saturated rings. The summed E-state index contributed by atoms with van der Waals surface area (Å²) in [6, 6.07) is 4.32. The number of hydrogen-bond acceptors (Lipinski definition) is 4. The fourth-order valence-corrected chi connectivity index (χ4v) is 2.70. The van der Waals surface area contributed by atoms with Crippen LogP contribution in [0.15, 0.2) is 12.1 Å². The Bertz CT molecular complexity index is 414. The van der Waals surface area contributed by atoms with Crippen molar-refractivity contribution in [2.75, 3.05) is 27.9 Å². The van der Waals surface area contributed by atoms with Crippen molar-refractivity contribution in [3.63, 3.8) is 0 Å². The van der Waals surface area contributed by atoms with Crippen LogP contribution in [0.5, 0.6) is 17.2 Å². The van der Waals surface area contributed by atoms with Gasteiger partial charge in [-0.15, -0.1) is 0 Å². The summed E-state index contributed by atoms with van der Waals surface area (Å²) in [5.74, 6) is 2.41. The minimum Gasteiger partial charge on any atom is -0.496 e. The van der Waals surface area contributed by atoms with E-state index in [2.05, 4.69) is 5.32 Å². The standard InChI is InChI=1S/C15H23NO3/c1-17-13-7-8-14(18-2)15(19-3)12(13)10-11-6-4-5-9-16-11/h7-8,11,16H,4-6,9-10H2,1-3H3. The number of piperidine rings is 1. The molecule has 0 aromatic heterocycles. The molecule has 0 amide bonds. The Kier molecular flexibility index (Phi) is 4.91. The molecule has 0 bridgehead atoms. The topological polar surface area (TPSA) is 39.7 Å². The van der Waals surface area contributed by atoms with E-state index in [4.69, 9.17) is 14.2 Å². The molecule has 1 N–H and O–H groups in total. The second kappa shape index (κ2) is 6.66. The van der Waals surface area contributed by atoms with Gasteiger partial charge in [0.25, 0.3) is 0 Å². The molecule has 1 heterocycles. The van der Waals surface area contributed by atoms with E-state index in [0.717, 1.165) is 35.8 Å². The smallest absolute Gasteiger partial charge is 0.167 e. The van der Waals surface area contributed by atoms with E-state index < -0.39 is 0 Å². The van der Waals surface area contributed by atoms with Gasteiger partial charge in [0.15, 0.2) is 11.5 Å². The summed E-state index contributed by atoms with van der Waals surface area (Å²) in [5.41, 5.74) is 1.09. The molecule has 2 rings (SSSR count). The van der Waals surface area contributed by atoms with Crippen LogP contribution in [0.3, 0.4) is 0 Å². The van der Waals surface area contributed by atoms with Crippen LogP contribution in [0.25, 0.3) is 0 Å². The Morgan fingerprint density at radius 1 is 1.05 bits per heavy atom. The summed E-state index contributed by atoms with van der Waals surface area (Å²) in [6.07, 6.45) is 4.65. The van der Waals surface area contributed by atoms with E-state index in [9.17, 15) is 0 Å². The zero-order chi connectivity index (χ0) is 13.7. The molecule has 1 atom stereocenters. The van der Waals surface area contributed by atoms with Crippen molar-refractivity contribution in [2.45, 2.75) is 31.7 Å². The highest BCUT2D eigenvalue weighted by Crippen LogP contribution is 2.38. The summed E-state index contributed by atoms with van der Waals surface area (Å²) >= 11 is 0. The number of ether oxygens (including phenoxy) is 3. The molecular weight excluding hydrogens is 242 g/mol. The monoisotopic (exact) mass is 265 g/mol. The number of methoxy groups -OCH3 is 3. The van der Waals surface area contributed by atoms with Gasteiger partial charge in [0.1, 0.15) is 5.75 Å². The van der Waals surface area contributed by atoms with Crippen LogP contribution in [-0.4, -0.2) is 33.9 Å². The molecule has 19 heavy (non-hydrogen) atoms. The molecule has 1 aromatic carbocycles. The molecule has 0 radical (unpaired) electrons. The predicted octanol–water partition coefficient (Wildman–Crippen LogP) is 2.40. The number of nitrogens with one attached hydrogen (secondary N) is 1. The Labute approximate surface area is 115 Å². The van der Waals surface area contributed by atoms with Crippen molar-refractivity contribution in [1.82, 2.24) is 5.32 Å². The molecule has 4 nitrogen and oxygen atoms in total. The van der Waals surface area contributed by atoms with Gasteiger partial charge in [-0.2, -0.15) is 0 Å². The third kappa shape index (κ3) is 3.13. The first-order valence-electron chi connectivity index (χ1n) is 6.81. The summed E-state index contributed by atoms with van der Waals surface area (Å²) in [5, 5.41) is 3.56. The number of rotatable bonds is 5. The summed E-state index contributed by atoms with van der Waals surface area (Å²) < 4.78 is 16.3. The summed E-state index contributed by atoms with van der Waals surface area (Å²) in [7, 11) is 5.03. The minimum absolute atomic E-state index is 0.489. The van der Waals surface area contributed by atoms with E-state index in [1.54, 1.807) is 21.3 Å². The first-order valence-corrected chi connectivity index (χ1v) is 6.81. The van der Waals surface area contributed by atoms with Crippen molar-refractivity contribution in [2.24, 2.45) is 0 Å². The Morgan fingerprint density at radius 3 is 2.37 bits per heavy atom. The van der Waals surface area contributed by atoms with Gasteiger partial charge in [0.05, 0.1) is 21.3 Å². The molecule has 4 heteroatoms. The van der Waals surface area contributed by atoms with Gasteiger partial charge in [-0.3, -0.25) is 0 Å². The maximum atomic E-state index is 5.52. The lowest BCUT2D eigenvalue weighted by Gasteiger charge is -2.25. The Morgan fingerprint density at radius 2 is 1.79 bits per heavy atom. The van der Waals surface area contributed by atoms with Crippen LogP contribution in [-0.2, 0) is 6.42 Å². The van der Waals surface area contributed by atoms with Crippen LogP contribution >= 0.6 is 0 Å². The maximum absolute atomic E-state index is 5.52. The third-order valence-electron chi connectivity index (χ3n) is 3.69. The second-order valence-electron chi connectivity index (χ2n) is 4.83. The van der Waals surface area contributed by atoms with Crippen LogP contribution in [0.2, 0.25) is 0 Å². The largest absolute Gasteiger partial charge is 0.496 e.